The summed E-state index contributed by atoms with van der Waals surface area (Å²) in [5, 5.41) is 4.35. The van der Waals surface area contributed by atoms with Crippen LogP contribution < -0.4 is 5.32 Å². The van der Waals surface area contributed by atoms with Crippen LogP contribution in [0.5, 0.6) is 0 Å². The van der Waals surface area contributed by atoms with Crippen LogP contribution in [0.2, 0.25) is 0 Å². The van der Waals surface area contributed by atoms with E-state index in [0.717, 1.165) is 22.8 Å². The van der Waals surface area contributed by atoms with E-state index in [9.17, 15) is 0 Å². The van der Waals surface area contributed by atoms with E-state index in [1.54, 1.807) is 11.3 Å². The molecule has 0 bridgehead atoms. The molecule has 19 heavy (non-hydrogen) atoms. The fraction of sp³-hybridized carbons (Fsp3) is 0.188. The van der Waals surface area contributed by atoms with Crippen molar-refractivity contribution in [1.29, 1.82) is 0 Å². The lowest BCUT2D eigenvalue weighted by Crippen LogP contribution is -1.90. The molecule has 0 unspecified atom stereocenters. The van der Waals surface area contributed by atoms with Gasteiger partial charge in [0.25, 0.3) is 0 Å². The van der Waals surface area contributed by atoms with Crippen molar-refractivity contribution in [1.82, 2.24) is 4.98 Å². The maximum Gasteiger partial charge on any atom is 0.188 e. The minimum absolute atomic E-state index is 0.953. The fourth-order valence-corrected chi connectivity index (χ4v) is 2.95. The second kappa shape index (κ2) is 5.02. The van der Waals surface area contributed by atoms with Crippen LogP contribution in [0, 0.1) is 6.92 Å². The Morgan fingerprint density at radius 1 is 1.16 bits per heavy atom. The quantitative estimate of drug-likeness (QED) is 0.730. The molecule has 96 valence electrons. The molecule has 2 aromatic carbocycles. The molecular weight excluding hydrogens is 252 g/mol. The molecule has 0 aliphatic heterocycles. The number of rotatable bonds is 3. The molecule has 0 fully saturated rings. The molecule has 1 aromatic heterocycles. The summed E-state index contributed by atoms with van der Waals surface area (Å²) in [4.78, 5) is 4.63. The molecule has 0 aliphatic rings. The molecule has 0 saturated heterocycles. The molecular formula is C16H16N2S. The summed E-state index contributed by atoms with van der Waals surface area (Å²) in [5.41, 5.74) is 4.76. The first-order valence-corrected chi connectivity index (χ1v) is 7.29. The minimum Gasteiger partial charge on any atom is -0.332 e. The Hall–Kier alpha value is -1.87. The smallest absolute Gasteiger partial charge is 0.188 e. The SMILES string of the molecule is CCc1cccc(Nc2nc3cc(C)ccc3s2)c1. The maximum atomic E-state index is 4.63. The van der Waals surface area contributed by atoms with Gasteiger partial charge in [0.1, 0.15) is 0 Å². The normalized spacial score (nSPS) is 10.8. The van der Waals surface area contributed by atoms with E-state index >= 15 is 0 Å². The zero-order chi connectivity index (χ0) is 13.2. The van der Waals surface area contributed by atoms with Gasteiger partial charge in [-0.1, -0.05) is 36.5 Å². The highest BCUT2D eigenvalue weighted by Gasteiger charge is 2.04. The number of hydrogen-bond donors (Lipinski definition) is 1. The van der Waals surface area contributed by atoms with Crippen molar-refractivity contribution < 1.29 is 0 Å². The van der Waals surface area contributed by atoms with Crippen LogP contribution in [0.4, 0.5) is 10.8 Å². The lowest BCUT2D eigenvalue weighted by molar-refractivity contribution is 1.14. The van der Waals surface area contributed by atoms with Crippen molar-refractivity contribution in [2.45, 2.75) is 20.3 Å². The van der Waals surface area contributed by atoms with E-state index < -0.39 is 0 Å². The van der Waals surface area contributed by atoms with E-state index in [-0.39, 0.29) is 0 Å². The Balaban J connectivity index is 1.92. The van der Waals surface area contributed by atoms with Crippen LogP contribution in [0.1, 0.15) is 18.1 Å². The van der Waals surface area contributed by atoms with Crippen molar-refractivity contribution in [2.75, 3.05) is 5.32 Å². The molecule has 0 saturated carbocycles. The zero-order valence-corrected chi connectivity index (χ0v) is 11.9. The third-order valence-corrected chi connectivity index (χ3v) is 4.08. The highest BCUT2D eigenvalue weighted by molar-refractivity contribution is 7.22. The molecule has 3 aromatic rings. The predicted octanol–water partition coefficient (Wildman–Crippen LogP) is 4.91. The van der Waals surface area contributed by atoms with Gasteiger partial charge in [-0.15, -0.1) is 0 Å². The van der Waals surface area contributed by atoms with Gasteiger partial charge in [-0.3, -0.25) is 0 Å². The number of nitrogens with one attached hydrogen (secondary N) is 1. The summed E-state index contributed by atoms with van der Waals surface area (Å²) in [6.07, 6.45) is 1.05. The monoisotopic (exact) mass is 268 g/mol. The second-order valence-corrected chi connectivity index (χ2v) is 5.70. The van der Waals surface area contributed by atoms with Crippen LogP contribution in [-0.2, 0) is 6.42 Å². The average molecular weight is 268 g/mol. The number of aryl methyl sites for hydroxylation is 2. The highest BCUT2D eigenvalue weighted by atomic mass is 32.1. The minimum atomic E-state index is 0.953. The zero-order valence-electron chi connectivity index (χ0n) is 11.1. The van der Waals surface area contributed by atoms with Gasteiger partial charge in [-0.25, -0.2) is 4.98 Å². The topological polar surface area (TPSA) is 24.9 Å². The largest absolute Gasteiger partial charge is 0.332 e. The van der Waals surface area contributed by atoms with Crippen LogP contribution >= 0.6 is 11.3 Å². The molecule has 0 aliphatic carbocycles. The Morgan fingerprint density at radius 2 is 2.05 bits per heavy atom. The van der Waals surface area contributed by atoms with Gasteiger partial charge in [-0.05, 0) is 48.7 Å². The predicted molar refractivity (Wildman–Crippen MR) is 83.5 cm³/mol. The summed E-state index contributed by atoms with van der Waals surface area (Å²) in [6.45, 7) is 4.26. The number of anilines is 2. The van der Waals surface area contributed by atoms with Gasteiger partial charge in [0, 0.05) is 5.69 Å². The molecule has 0 atom stereocenters. The molecule has 3 heteroatoms. The number of fused-ring (bicyclic) bond motifs is 1. The van der Waals surface area contributed by atoms with Gasteiger partial charge in [0.15, 0.2) is 5.13 Å². The number of thiazole rings is 1. The van der Waals surface area contributed by atoms with Gasteiger partial charge in [0.2, 0.25) is 0 Å². The summed E-state index contributed by atoms with van der Waals surface area (Å²) in [6, 6.07) is 14.9. The van der Waals surface area contributed by atoms with Gasteiger partial charge in [0.05, 0.1) is 10.2 Å². The third-order valence-electron chi connectivity index (χ3n) is 3.13. The number of benzene rings is 2. The van der Waals surface area contributed by atoms with Crippen molar-refractivity contribution in [3.8, 4) is 0 Å². The van der Waals surface area contributed by atoms with Crippen molar-refractivity contribution in [2.24, 2.45) is 0 Å². The molecule has 3 rings (SSSR count). The van der Waals surface area contributed by atoms with E-state index in [1.165, 1.54) is 15.8 Å². The lowest BCUT2D eigenvalue weighted by atomic mass is 10.1. The number of hydrogen-bond acceptors (Lipinski definition) is 3. The number of nitrogens with zero attached hydrogens (tertiary/aromatic N) is 1. The molecule has 1 N–H and O–H groups in total. The van der Waals surface area contributed by atoms with Crippen molar-refractivity contribution in [3.05, 3.63) is 53.6 Å². The third kappa shape index (κ3) is 2.61. The summed E-state index contributed by atoms with van der Waals surface area (Å²) in [7, 11) is 0. The van der Waals surface area contributed by atoms with E-state index in [1.807, 2.05) is 0 Å². The average Bonchev–Trinajstić information content (AvgIpc) is 2.80. The van der Waals surface area contributed by atoms with Crippen molar-refractivity contribution >= 4 is 32.4 Å². The lowest BCUT2D eigenvalue weighted by Gasteiger charge is -2.03. The van der Waals surface area contributed by atoms with E-state index in [2.05, 4.69) is 66.6 Å². The summed E-state index contributed by atoms with van der Waals surface area (Å²) >= 11 is 1.69. The second-order valence-electron chi connectivity index (χ2n) is 4.67. The Morgan fingerprint density at radius 3 is 2.89 bits per heavy atom. The Bertz CT molecular complexity index is 716. The molecule has 1 heterocycles. The molecule has 0 spiro atoms. The molecule has 0 amide bonds. The first kappa shape index (κ1) is 12.2. The van der Waals surface area contributed by atoms with Gasteiger partial charge in [-0.2, -0.15) is 0 Å². The first-order chi connectivity index (χ1) is 9.24. The first-order valence-electron chi connectivity index (χ1n) is 6.48. The fourth-order valence-electron chi connectivity index (χ4n) is 2.08. The van der Waals surface area contributed by atoms with Gasteiger partial charge >= 0.3 is 0 Å². The van der Waals surface area contributed by atoms with Crippen LogP contribution in [0.25, 0.3) is 10.2 Å². The highest BCUT2D eigenvalue weighted by Crippen LogP contribution is 2.29. The Kier molecular flexibility index (Phi) is 3.22. The molecule has 0 radical (unpaired) electrons. The van der Waals surface area contributed by atoms with Crippen molar-refractivity contribution in [3.63, 3.8) is 0 Å². The van der Waals surface area contributed by atoms with E-state index in [4.69, 9.17) is 0 Å². The van der Waals surface area contributed by atoms with Gasteiger partial charge < -0.3 is 5.32 Å². The van der Waals surface area contributed by atoms with Crippen LogP contribution in [-0.4, -0.2) is 4.98 Å². The Labute approximate surface area is 117 Å². The summed E-state index contributed by atoms with van der Waals surface area (Å²) in [5.74, 6) is 0. The van der Waals surface area contributed by atoms with E-state index in [0.29, 0.717) is 0 Å². The van der Waals surface area contributed by atoms with Crippen LogP contribution in [0.15, 0.2) is 42.5 Å². The standard InChI is InChI=1S/C16H16N2S/c1-3-12-5-4-6-13(10-12)17-16-18-14-9-11(2)7-8-15(14)19-16/h4-10H,3H2,1-2H3,(H,17,18). The number of aromatic nitrogens is 1. The maximum absolute atomic E-state index is 4.63. The van der Waals surface area contributed by atoms with Crippen LogP contribution in [0.3, 0.4) is 0 Å². The summed E-state index contributed by atoms with van der Waals surface area (Å²) < 4.78 is 1.22. The molecule has 2 nitrogen and oxygen atoms in total.